The van der Waals surface area contributed by atoms with Crippen LogP contribution in [0.1, 0.15) is 19.4 Å². The molecule has 0 saturated heterocycles. The maximum Gasteiger partial charge on any atom is 0.321 e. The summed E-state index contributed by atoms with van der Waals surface area (Å²) in [7, 11) is 1.84. The van der Waals surface area contributed by atoms with Crippen molar-refractivity contribution in [3.05, 3.63) is 35.9 Å². The molecule has 0 aliphatic carbocycles. The molecule has 0 bridgehead atoms. The van der Waals surface area contributed by atoms with Gasteiger partial charge in [0.1, 0.15) is 0 Å². The standard InChI is InChI=1S/C14H21N3O2/c1-11(2)15-14(19)16-13(18)10-17(3)9-12-7-5-4-6-8-12/h4-8,11H,9-10H2,1-3H3,(H2,15,16,18,19). The Bertz CT molecular complexity index is 418. The van der Waals surface area contributed by atoms with Crippen LogP contribution in [0.15, 0.2) is 30.3 Å². The van der Waals surface area contributed by atoms with E-state index in [4.69, 9.17) is 0 Å². The molecule has 5 nitrogen and oxygen atoms in total. The number of amides is 3. The lowest BCUT2D eigenvalue weighted by molar-refractivity contribution is -0.120. The molecule has 0 heterocycles. The van der Waals surface area contributed by atoms with Crippen LogP contribution >= 0.6 is 0 Å². The predicted molar refractivity (Wildman–Crippen MR) is 74.6 cm³/mol. The first kappa shape index (κ1) is 15.2. The second kappa shape index (κ2) is 7.53. The molecule has 19 heavy (non-hydrogen) atoms. The molecular weight excluding hydrogens is 242 g/mol. The van der Waals surface area contributed by atoms with Crippen molar-refractivity contribution in [2.45, 2.75) is 26.4 Å². The van der Waals surface area contributed by atoms with Crippen LogP contribution in [-0.2, 0) is 11.3 Å². The fourth-order valence-corrected chi connectivity index (χ4v) is 1.66. The van der Waals surface area contributed by atoms with Gasteiger partial charge in [-0.25, -0.2) is 4.79 Å². The molecule has 0 spiro atoms. The van der Waals surface area contributed by atoms with Gasteiger partial charge in [0.25, 0.3) is 0 Å². The highest BCUT2D eigenvalue weighted by atomic mass is 16.2. The highest BCUT2D eigenvalue weighted by molar-refractivity contribution is 5.95. The van der Waals surface area contributed by atoms with E-state index in [1.165, 1.54) is 0 Å². The van der Waals surface area contributed by atoms with Crippen LogP contribution in [0.4, 0.5) is 4.79 Å². The number of hydrogen-bond donors (Lipinski definition) is 2. The van der Waals surface area contributed by atoms with Gasteiger partial charge in [0, 0.05) is 12.6 Å². The quantitative estimate of drug-likeness (QED) is 0.843. The van der Waals surface area contributed by atoms with Crippen molar-refractivity contribution in [3.63, 3.8) is 0 Å². The number of carbonyl (C=O) groups excluding carboxylic acids is 2. The van der Waals surface area contributed by atoms with Crippen molar-refractivity contribution in [1.29, 1.82) is 0 Å². The van der Waals surface area contributed by atoms with Crippen LogP contribution in [0, 0.1) is 0 Å². The van der Waals surface area contributed by atoms with E-state index in [9.17, 15) is 9.59 Å². The molecule has 104 valence electrons. The van der Waals surface area contributed by atoms with Crippen molar-refractivity contribution in [1.82, 2.24) is 15.5 Å². The van der Waals surface area contributed by atoms with Crippen molar-refractivity contribution in [3.8, 4) is 0 Å². The molecular formula is C14H21N3O2. The Morgan fingerprint density at radius 3 is 2.42 bits per heavy atom. The van der Waals surface area contributed by atoms with Gasteiger partial charge >= 0.3 is 6.03 Å². The number of benzene rings is 1. The molecule has 1 aromatic rings. The largest absolute Gasteiger partial charge is 0.336 e. The van der Waals surface area contributed by atoms with Gasteiger partial charge < -0.3 is 5.32 Å². The van der Waals surface area contributed by atoms with Crippen LogP contribution in [-0.4, -0.2) is 36.5 Å². The Labute approximate surface area is 114 Å². The zero-order chi connectivity index (χ0) is 14.3. The molecule has 0 aliphatic heterocycles. The number of nitrogens with zero attached hydrogens (tertiary/aromatic N) is 1. The lowest BCUT2D eigenvalue weighted by Crippen LogP contribution is -2.45. The molecule has 0 aromatic heterocycles. The van der Waals surface area contributed by atoms with E-state index in [1.807, 2.05) is 56.1 Å². The Morgan fingerprint density at radius 1 is 1.21 bits per heavy atom. The van der Waals surface area contributed by atoms with Gasteiger partial charge in [-0.2, -0.15) is 0 Å². The number of urea groups is 1. The Balaban J connectivity index is 2.34. The van der Waals surface area contributed by atoms with E-state index in [2.05, 4.69) is 10.6 Å². The summed E-state index contributed by atoms with van der Waals surface area (Å²) >= 11 is 0. The second-order valence-corrected chi connectivity index (χ2v) is 4.83. The number of imide groups is 1. The highest BCUT2D eigenvalue weighted by Crippen LogP contribution is 2.01. The fourth-order valence-electron chi connectivity index (χ4n) is 1.66. The molecule has 0 fully saturated rings. The average Bonchev–Trinajstić information content (AvgIpc) is 2.28. The van der Waals surface area contributed by atoms with E-state index in [1.54, 1.807) is 0 Å². The topological polar surface area (TPSA) is 61.4 Å². The maximum atomic E-state index is 11.6. The minimum Gasteiger partial charge on any atom is -0.336 e. The first-order valence-electron chi connectivity index (χ1n) is 6.30. The predicted octanol–water partition coefficient (Wildman–Crippen LogP) is 1.35. The fraction of sp³-hybridized carbons (Fsp3) is 0.429. The van der Waals surface area contributed by atoms with Gasteiger partial charge in [-0.05, 0) is 26.5 Å². The van der Waals surface area contributed by atoms with Gasteiger partial charge in [-0.1, -0.05) is 30.3 Å². The first-order chi connectivity index (χ1) is 8.97. The Morgan fingerprint density at radius 2 is 1.84 bits per heavy atom. The summed E-state index contributed by atoms with van der Waals surface area (Å²) in [5.41, 5.74) is 1.13. The van der Waals surface area contributed by atoms with Crippen LogP contribution < -0.4 is 10.6 Å². The van der Waals surface area contributed by atoms with E-state index in [0.29, 0.717) is 6.54 Å². The normalized spacial score (nSPS) is 10.6. The molecule has 0 radical (unpaired) electrons. The average molecular weight is 263 g/mol. The Hall–Kier alpha value is -1.88. The molecule has 2 N–H and O–H groups in total. The highest BCUT2D eigenvalue weighted by Gasteiger charge is 2.11. The third-order valence-corrected chi connectivity index (χ3v) is 2.38. The molecule has 3 amide bonds. The molecule has 1 rings (SSSR count). The van der Waals surface area contributed by atoms with Crippen molar-refractivity contribution < 1.29 is 9.59 Å². The van der Waals surface area contributed by atoms with Crippen molar-refractivity contribution in [2.75, 3.05) is 13.6 Å². The van der Waals surface area contributed by atoms with Crippen molar-refractivity contribution in [2.24, 2.45) is 0 Å². The van der Waals surface area contributed by atoms with Crippen molar-refractivity contribution >= 4 is 11.9 Å². The minimum absolute atomic E-state index is 0.00912. The smallest absolute Gasteiger partial charge is 0.321 e. The minimum atomic E-state index is -0.451. The third-order valence-electron chi connectivity index (χ3n) is 2.38. The third kappa shape index (κ3) is 6.57. The molecule has 0 atom stereocenters. The number of nitrogens with one attached hydrogen (secondary N) is 2. The van der Waals surface area contributed by atoms with Crippen LogP contribution in [0.25, 0.3) is 0 Å². The summed E-state index contributed by atoms with van der Waals surface area (Å²) in [6.45, 7) is 4.53. The summed E-state index contributed by atoms with van der Waals surface area (Å²) in [5, 5.41) is 4.90. The monoisotopic (exact) mass is 263 g/mol. The number of hydrogen-bond acceptors (Lipinski definition) is 3. The van der Waals surface area contributed by atoms with Gasteiger partial charge in [-0.15, -0.1) is 0 Å². The summed E-state index contributed by atoms with van der Waals surface area (Å²) in [5.74, 6) is -0.309. The molecule has 0 unspecified atom stereocenters. The van der Waals surface area contributed by atoms with Gasteiger partial charge in [0.2, 0.25) is 5.91 Å². The van der Waals surface area contributed by atoms with Crippen LogP contribution in [0.2, 0.25) is 0 Å². The lowest BCUT2D eigenvalue weighted by atomic mass is 10.2. The second-order valence-electron chi connectivity index (χ2n) is 4.83. The summed E-state index contributed by atoms with van der Waals surface area (Å²) in [6, 6.07) is 9.42. The zero-order valence-corrected chi connectivity index (χ0v) is 11.6. The number of carbonyl (C=O) groups is 2. The zero-order valence-electron chi connectivity index (χ0n) is 11.6. The van der Waals surface area contributed by atoms with Gasteiger partial charge in [0.15, 0.2) is 0 Å². The SMILES string of the molecule is CC(C)NC(=O)NC(=O)CN(C)Cc1ccccc1. The molecule has 5 heteroatoms. The lowest BCUT2D eigenvalue weighted by Gasteiger charge is -2.16. The molecule has 0 saturated carbocycles. The molecule has 1 aromatic carbocycles. The van der Waals surface area contributed by atoms with Crippen LogP contribution in [0.3, 0.4) is 0 Å². The maximum absolute atomic E-state index is 11.6. The Kier molecular flexibility index (Phi) is 6.02. The van der Waals surface area contributed by atoms with E-state index >= 15 is 0 Å². The van der Waals surface area contributed by atoms with E-state index < -0.39 is 6.03 Å². The number of likely N-dealkylation sites (N-methyl/N-ethyl adjacent to an activating group) is 1. The van der Waals surface area contributed by atoms with E-state index in [-0.39, 0.29) is 18.5 Å². The summed E-state index contributed by atoms with van der Waals surface area (Å²) < 4.78 is 0. The first-order valence-corrected chi connectivity index (χ1v) is 6.30. The number of rotatable bonds is 5. The van der Waals surface area contributed by atoms with Crippen LogP contribution in [0.5, 0.6) is 0 Å². The summed E-state index contributed by atoms with van der Waals surface area (Å²) in [6.07, 6.45) is 0. The van der Waals surface area contributed by atoms with Gasteiger partial charge in [-0.3, -0.25) is 15.0 Å². The summed E-state index contributed by atoms with van der Waals surface area (Å²) in [4.78, 5) is 24.8. The van der Waals surface area contributed by atoms with Gasteiger partial charge in [0.05, 0.1) is 6.54 Å². The van der Waals surface area contributed by atoms with E-state index in [0.717, 1.165) is 5.56 Å². The molecule has 0 aliphatic rings.